The first-order valence-corrected chi connectivity index (χ1v) is 5.71. The van der Waals surface area contributed by atoms with E-state index >= 15 is 0 Å². The molecule has 68 valence electrons. The largest absolute Gasteiger partial charge is 0.316 e. The Morgan fingerprint density at radius 3 is 2.55 bits per heavy atom. The molecule has 0 aliphatic rings. The van der Waals surface area contributed by atoms with E-state index in [-0.39, 0.29) is 0 Å². The maximum absolute atomic E-state index is 3.39. The van der Waals surface area contributed by atoms with Gasteiger partial charge in [-0.2, -0.15) is 11.8 Å². The van der Waals surface area contributed by atoms with Gasteiger partial charge in [0.15, 0.2) is 0 Å². The minimum Gasteiger partial charge on any atom is -0.316 e. The first kappa shape index (κ1) is 11.3. The van der Waals surface area contributed by atoms with Gasteiger partial charge < -0.3 is 5.32 Å². The number of nitrogens with one attached hydrogen (secondary N) is 1. The summed E-state index contributed by atoms with van der Waals surface area (Å²) >= 11 is 2.05. The van der Waals surface area contributed by atoms with E-state index in [2.05, 4.69) is 26.1 Å². The van der Waals surface area contributed by atoms with Crippen molar-refractivity contribution >= 4 is 11.8 Å². The van der Waals surface area contributed by atoms with Crippen molar-refractivity contribution in [1.82, 2.24) is 5.32 Å². The van der Waals surface area contributed by atoms with Crippen molar-refractivity contribution in [3.8, 4) is 0 Å². The summed E-state index contributed by atoms with van der Waals surface area (Å²) in [6.45, 7) is 9.08. The molecule has 0 atom stereocenters. The number of thioether (sulfide) groups is 1. The lowest BCUT2D eigenvalue weighted by Crippen LogP contribution is -2.18. The molecule has 0 bridgehead atoms. The fourth-order valence-corrected chi connectivity index (χ4v) is 1.69. The van der Waals surface area contributed by atoms with Crippen LogP contribution in [0.25, 0.3) is 0 Å². The molecule has 0 heterocycles. The van der Waals surface area contributed by atoms with E-state index in [0.717, 1.165) is 5.92 Å². The standard InChI is InChI=1S/C9H21NS/c1-4-5-10-6-7-11-8-9(2)3/h9-10H,4-8H2,1-3H3. The van der Waals surface area contributed by atoms with Gasteiger partial charge in [0.2, 0.25) is 0 Å². The number of hydrogen-bond acceptors (Lipinski definition) is 2. The van der Waals surface area contributed by atoms with Crippen LogP contribution in [-0.2, 0) is 0 Å². The van der Waals surface area contributed by atoms with Gasteiger partial charge in [0, 0.05) is 12.3 Å². The van der Waals surface area contributed by atoms with Gasteiger partial charge in [-0.25, -0.2) is 0 Å². The molecule has 0 saturated heterocycles. The van der Waals surface area contributed by atoms with Gasteiger partial charge in [-0.3, -0.25) is 0 Å². The number of rotatable bonds is 7. The van der Waals surface area contributed by atoms with Crippen molar-refractivity contribution in [3.05, 3.63) is 0 Å². The Labute approximate surface area is 75.3 Å². The minimum atomic E-state index is 0.839. The quantitative estimate of drug-likeness (QED) is 0.596. The molecular formula is C9H21NS. The average Bonchev–Trinajstić information content (AvgIpc) is 1.96. The van der Waals surface area contributed by atoms with Gasteiger partial charge >= 0.3 is 0 Å². The van der Waals surface area contributed by atoms with E-state index in [1.54, 1.807) is 0 Å². The summed E-state index contributed by atoms with van der Waals surface area (Å²) in [5.41, 5.74) is 0. The Morgan fingerprint density at radius 2 is 2.00 bits per heavy atom. The van der Waals surface area contributed by atoms with E-state index in [1.807, 2.05) is 11.8 Å². The van der Waals surface area contributed by atoms with Crippen LogP contribution in [0.15, 0.2) is 0 Å². The lowest BCUT2D eigenvalue weighted by Gasteiger charge is -2.04. The fourth-order valence-electron chi connectivity index (χ4n) is 0.765. The SMILES string of the molecule is CCCNCCSCC(C)C. The first-order chi connectivity index (χ1) is 5.27. The van der Waals surface area contributed by atoms with E-state index in [4.69, 9.17) is 0 Å². The minimum absolute atomic E-state index is 0.839. The third-order valence-electron chi connectivity index (χ3n) is 1.30. The highest BCUT2D eigenvalue weighted by Crippen LogP contribution is 2.05. The van der Waals surface area contributed by atoms with Crippen molar-refractivity contribution in [2.75, 3.05) is 24.6 Å². The molecule has 11 heavy (non-hydrogen) atoms. The molecule has 2 heteroatoms. The zero-order valence-corrected chi connectivity index (χ0v) is 8.84. The molecule has 0 amide bonds. The molecule has 0 aromatic rings. The molecule has 0 unspecified atom stereocenters. The van der Waals surface area contributed by atoms with Gasteiger partial charge in [-0.15, -0.1) is 0 Å². The molecule has 0 aromatic carbocycles. The second-order valence-corrected chi connectivity index (χ2v) is 4.37. The van der Waals surface area contributed by atoms with Crippen LogP contribution >= 0.6 is 11.8 Å². The maximum Gasteiger partial charge on any atom is 0.00582 e. The normalized spacial score (nSPS) is 10.9. The Balaban J connectivity index is 2.80. The van der Waals surface area contributed by atoms with Crippen LogP contribution < -0.4 is 5.32 Å². The monoisotopic (exact) mass is 175 g/mol. The predicted octanol–water partition coefficient (Wildman–Crippen LogP) is 2.38. The highest BCUT2D eigenvalue weighted by atomic mass is 32.2. The predicted molar refractivity (Wildman–Crippen MR) is 55.3 cm³/mol. The van der Waals surface area contributed by atoms with Crippen LogP contribution in [0, 0.1) is 5.92 Å². The Morgan fingerprint density at radius 1 is 1.27 bits per heavy atom. The topological polar surface area (TPSA) is 12.0 Å². The molecule has 0 rings (SSSR count). The maximum atomic E-state index is 3.39. The van der Waals surface area contributed by atoms with Gasteiger partial charge in [0.1, 0.15) is 0 Å². The van der Waals surface area contributed by atoms with E-state index in [9.17, 15) is 0 Å². The van der Waals surface area contributed by atoms with Crippen LogP contribution in [0.5, 0.6) is 0 Å². The molecule has 1 nitrogen and oxygen atoms in total. The van der Waals surface area contributed by atoms with E-state index in [1.165, 1.54) is 31.0 Å². The Bertz CT molecular complexity index is 74.0. The van der Waals surface area contributed by atoms with Gasteiger partial charge in [0.05, 0.1) is 0 Å². The molecule has 0 fully saturated rings. The smallest absolute Gasteiger partial charge is 0.00582 e. The molecule has 0 aliphatic carbocycles. The molecule has 0 aliphatic heterocycles. The summed E-state index contributed by atoms with van der Waals surface area (Å²) in [5, 5.41) is 3.39. The van der Waals surface area contributed by atoms with Gasteiger partial charge in [-0.05, 0) is 24.6 Å². The average molecular weight is 175 g/mol. The van der Waals surface area contributed by atoms with E-state index < -0.39 is 0 Å². The third kappa shape index (κ3) is 10.3. The molecule has 0 saturated carbocycles. The molecular weight excluding hydrogens is 154 g/mol. The second kappa shape index (κ2) is 8.41. The van der Waals surface area contributed by atoms with Crippen LogP contribution in [0.2, 0.25) is 0 Å². The van der Waals surface area contributed by atoms with Crippen molar-refractivity contribution in [1.29, 1.82) is 0 Å². The van der Waals surface area contributed by atoms with Crippen molar-refractivity contribution in [2.45, 2.75) is 27.2 Å². The summed E-state index contributed by atoms with van der Waals surface area (Å²) < 4.78 is 0. The Hall–Kier alpha value is 0.310. The number of hydrogen-bond donors (Lipinski definition) is 1. The third-order valence-corrected chi connectivity index (χ3v) is 2.70. The summed E-state index contributed by atoms with van der Waals surface area (Å²) in [5.74, 6) is 3.40. The zero-order chi connectivity index (χ0) is 8.53. The summed E-state index contributed by atoms with van der Waals surface area (Å²) in [4.78, 5) is 0. The highest BCUT2D eigenvalue weighted by Gasteiger charge is 1.92. The Kier molecular flexibility index (Phi) is 8.64. The summed E-state index contributed by atoms with van der Waals surface area (Å²) in [6.07, 6.45) is 1.24. The van der Waals surface area contributed by atoms with E-state index in [0.29, 0.717) is 0 Å². The second-order valence-electron chi connectivity index (χ2n) is 3.22. The molecule has 0 aromatic heterocycles. The fraction of sp³-hybridized carbons (Fsp3) is 1.00. The van der Waals surface area contributed by atoms with Crippen LogP contribution in [-0.4, -0.2) is 24.6 Å². The zero-order valence-electron chi connectivity index (χ0n) is 8.02. The summed E-state index contributed by atoms with van der Waals surface area (Å²) in [6, 6.07) is 0. The lowest BCUT2D eigenvalue weighted by atomic mass is 10.3. The van der Waals surface area contributed by atoms with Crippen molar-refractivity contribution < 1.29 is 0 Å². The first-order valence-electron chi connectivity index (χ1n) is 4.55. The highest BCUT2D eigenvalue weighted by molar-refractivity contribution is 7.99. The molecule has 0 spiro atoms. The summed E-state index contributed by atoms with van der Waals surface area (Å²) in [7, 11) is 0. The van der Waals surface area contributed by atoms with Gasteiger partial charge in [-0.1, -0.05) is 20.8 Å². The van der Waals surface area contributed by atoms with Crippen LogP contribution in [0.3, 0.4) is 0 Å². The van der Waals surface area contributed by atoms with Gasteiger partial charge in [0.25, 0.3) is 0 Å². The molecule has 1 N–H and O–H groups in total. The lowest BCUT2D eigenvalue weighted by molar-refractivity contribution is 0.705. The van der Waals surface area contributed by atoms with Crippen LogP contribution in [0.1, 0.15) is 27.2 Å². The molecule has 0 radical (unpaired) electrons. The van der Waals surface area contributed by atoms with Crippen LogP contribution in [0.4, 0.5) is 0 Å². The van der Waals surface area contributed by atoms with Crippen molar-refractivity contribution in [2.24, 2.45) is 5.92 Å². The van der Waals surface area contributed by atoms with Crippen molar-refractivity contribution in [3.63, 3.8) is 0 Å².